The molecule has 0 saturated heterocycles. The molecule has 1 aliphatic carbocycles. The van der Waals surface area contributed by atoms with E-state index in [9.17, 15) is 0 Å². The van der Waals surface area contributed by atoms with Crippen molar-refractivity contribution in [2.45, 2.75) is 18.6 Å². The van der Waals surface area contributed by atoms with Gasteiger partial charge in [-0.05, 0) is 12.1 Å². The lowest BCUT2D eigenvalue weighted by Gasteiger charge is -2.03. The van der Waals surface area contributed by atoms with E-state index in [0.717, 1.165) is 12.2 Å². The minimum Gasteiger partial charge on any atom is -0.488 e. The summed E-state index contributed by atoms with van der Waals surface area (Å²) in [7, 11) is 0. The Morgan fingerprint density at radius 3 is 2.64 bits per heavy atom. The molecule has 0 spiro atoms. The molecular weight excluding hydrogens is 178 g/mol. The zero-order valence-electron chi connectivity index (χ0n) is 7.76. The van der Waals surface area contributed by atoms with E-state index in [1.54, 1.807) is 0 Å². The average molecular weight is 191 g/mol. The summed E-state index contributed by atoms with van der Waals surface area (Å²) in [4.78, 5) is 4.01. The van der Waals surface area contributed by atoms with Gasteiger partial charge in [0.25, 0.3) is 0 Å². The van der Waals surface area contributed by atoms with Crippen molar-refractivity contribution in [1.29, 1.82) is 0 Å². The third-order valence-corrected chi connectivity index (χ3v) is 2.05. The SMILES string of the molecule is NC(N)=NC1CC1Oc1ccccc1. The molecule has 2 atom stereocenters. The van der Waals surface area contributed by atoms with Crippen molar-refractivity contribution in [1.82, 2.24) is 0 Å². The van der Waals surface area contributed by atoms with Gasteiger partial charge in [0.1, 0.15) is 11.9 Å². The predicted molar refractivity (Wildman–Crippen MR) is 55.1 cm³/mol. The predicted octanol–water partition coefficient (Wildman–Crippen LogP) is 0.480. The monoisotopic (exact) mass is 191 g/mol. The molecule has 1 fully saturated rings. The lowest BCUT2D eigenvalue weighted by Crippen LogP contribution is -2.23. The second-order valence-electron chi connectivity index (χ2n) is 3.33. The van der Waals surface area contributed by atoms with Gasteiger partial charge in [-0.25, -0.2) is 4.99 Å². The molecule has 4 heteroatoms. The molecule has 0 bridgehead atoms. The summed E-state index contributed by atoms with van der Waals surface area (Å²) >= 11 is 0. The Morgan fingerprint density at radius 2 is 2.00 bits per heavy atom. The molecule has 4 N–H and O–H groups in total. The summed E-state index contributed by atoms with van der Waals surface area (Å²) in [6.07, 6.45) is 1.03. The Labute approximate surface area is 82.6 Å². The first-order valence-electron chi connectivity index (χ1n) is 4.56. The number of nitrogens with two attached hydrogens (primary N) is 2. The second kappa shape index (κ2) is 3.57. The summed E-state index contributed by atoms with van der Waals surface area (Å²) in [6, 6.07) is 9.81. The first-order chi connectivity index (χ1) is 6.75. The fraction of sp³-hybridized carbons (Fsp3) is 0.300. The summed E-state index contributed by atoms with van der Waals surface area (Å²) in [5.41, 5.74) is 10.5. The van der Waals surface area contributed by atoms with Crippen LogP contribution in [-0.4, -0.2) is 18.1 Å². The maximum Gasteiger partial charge on any atom is 0.186 e. The quantitative estimate of drug-likeness (QED) is 0.539. The van der Waals surface area contributed by atoms with Gasteiger partial charge < -0.3 is 16.2 Å². The van der Waals surface area contributed by atoms with E-state index in [4.69, 9.17) is 16.2 Å². The van der Waals surface area contributed by atoms with Crippen molar-refractivity contribution in [3.63, 3.8) is 0 Å². The Hall–Kier alpha value is -1.71. The molecule has 0 heterocycles. The smallest absolute Gasteiger partial charge is 0.186 e. The zero-order chi connectivity index (χ0) is 9.97. The van der Waals surface area contributed by atoms with Crippen LogP contribution in [0.4, 0.5) is 0 Å². The molecule has 0 amide bonds. The van der Waals surface area contributed by atoms with Crippen LogP contribution in [0.1, 0.15) is 6.42 Å². The van der Waals surface area contributed by atoms with Crippen LogP contribution in [0.2, 0.25) is 0 Å². The highest BCUT2D eigenvalue weighted by atomic mass is 16.5. The maximum absolute atomic E-state index is 5.62. The van der Waals surface area contributed by atoms with Crippen LogP contribution in [0.3, 0.4) is 0 Å². The van der Waals surface area contributed by atoms with Gasteiger partial charge in [-0.1, -0.05) is 18.2 Å². The molecule has 1 aromatic rings. The van der Waals surface area contributed by atoms with Gasteiger partial charge in [0.15, 0.2) is 5.96 Å². The highest BCUT2D eigenvalue weighted by Gasteiger charge is 2.39. The first kappa shape index (κ1) is 8.87. The van der Waals surface area contributed by atoms with Crippen molar-refractivity contribution in [2.24, 2.45) is 16.5 Å². The van der Waals surface area contributed by atoms with Crippen LogP contribution in [0.5, 0.6) is 5.75 Å². The highest BCUT2D eigenvalue weighted by molar-refractivity contribution is 5.76. The van der Waals surface area contributed by atoms with Crippen molar-refractivity contribution in [2.75, 3.05) is 0 Å². The number of aliphatic imine (C=N–C) groups is 1. The molecule has 0 aliphatic heterocycles. The van der Waals surface area contributed by atoms with Crippen molar-refractivity contribution >= 4 is 5.96 Å². The molecule has 2 rings (SSSR count). The van der Waals surface area contributed by atoms with Crippen molar-refractivity contribution < 1.29 is 4.74 Å². The summed E-state index contributed by atoms with van der Waals surface area (Å²) in [5, 5.41) is 0. The summed E-state index contributed by atoms with van der Waals surface area (Å²) < 4.78 is 5.62. The molecule has 1 saturated carbocycles. The minimum absolute atomic E-state index is 0.133. The fourth-order valence-corrected chi connectivity index (χ4v) is 1.29. The number of hydrogen-bond acceptors (Lipinski definition) is 2. The van der Waals surface area contributed by atoms with Gasteiger partial charge in [-0.15, -0.1) is 0 Å². The van der Waals surface area contributed by atoms with Crippen molar-refractivity contribution in [3.05, 3.63) is 30.3 Å². The molecule has 2 unspecified atom stereocenters. The molecule has 1 aromatic carbocycles. The molecule has 14 heavy (non-hydrogen) atoms. The highest BCUT2D eigenvalue weighted by Crippen LogP contribution is 2.30. The van der Waals surface area contributed by atoms with E-state index in [0.29, 0.717) is 0 Å². The number of ether oxygens (including phenoxy) is 1. The summed E-state index contributed by atoms with van der Waals surface area (Å²) in [5.74, 6) is 1.000. The van der Waals surface area contributed by atoms with Crippen LogP contribution in [0, 0.1) is 0 Å². The Balaban J connectivity index is 1.88. The first-order valence-corrected chi connectivity index (χ1v) is 4.56. The third kappa shape index (κ3) is 2.16. The van der Waals surface area contributed by atoms with Gasteiger partial charge in [0.2, 0.25) is 0 Å². The van der Waals surface area contributed by atoms with Crippen LogP contribution in [0.25, 0.3) is 0 Å². The van der Waals surface area contributed by atoms with E-state index < -0.39 is 0 Å². The van der Waals surface area contributed by atoms with E-state index in [1.807, 2.05) is 30.3 Å². The average Bonchev–Trinajstić information content (AvgIpc) is 2.84. The van der Waals surface area contributed by atoms with E-state index >= 15 is 0 Å². The summed E-state index contributed by atoms with van der Waals surface area (Å²) in [6.45, 7) is 0. The number of guanidine groups is 1. The van der Waals surface area contributed by atoms with Crippen LogP contribution in [-0.2, 0) is 0 Å². The van der Waals surface area contributed by atoms with Crippen LogP contribution >= 0.6 is 0 Å². The largest absolute Gasteiger partial charge is 0.488 e. The van der Waals surface area contributed by atoms with Gasteiger partial charge in [0, 0.05) is 6.42 Å². The van der Waals surface area contributed by atoms with Gasteiger partial charge in [0.05, 0.1) is 6.04 Å². The van der Waals surface area contributed by atoms with Crippen molar-refractivity contribution in [3.8, 4) is 5.75 Å². The van der Waals surface area contributed by atoms with E-state index in [2.05, 4.69) is 4.99 Å². The molecule has 4 nitrogen and oxygen atoms in total. The molecular formula is C10H13N3O. The standard InChI is InChI=1S/C10H13N3O/c11-10(12)13-8-6-9(8)14-7-4-2-1-3-5-7/h1-5,8-9H,6H2,(H4,11,12,13). The number of benzene rings is 1. The topological polar surface area (TPSA) is 73.6 Å². The Bertz CT molecular complexity index is 332. The molecule has 1 aliphatic rings. The maximum atomic E-state index is 5.62. The second-order valence-corrected chi connectivity index (χ2v) is 3.33. The minimum atomic E-state index is 0.133. The molecule has 74 valence electrons. The number of hydrogen-bond donors (Lipinski definition) is 2. The lowest BCUT2D eigenvalue weighted by atomic mass is 10.3. The molecule has 0 radical (unpaired) electrons. The van der Waals surface area contributed by atoms with Crippen LogP contribution < -0.4 is 16.2 Å². The lowest BCUT2D eigenvalue weighted by molar-refractivity contribution is 0.296. The van der Waals surface area contributed by atoms with E-state index in [1.165, 1.54) is 0 Å². The number of rotatable bonds is 3. The Kier molecular flexibility index (Phi) is 2.26. The van der Waals surface area contributed by atoms with E-state index in [-0.39, 0.29) is 18.1 Å². The number of para-hydroxylation sites is 1. The van der Waals surface area contributed by atoms with Gasteiger partial charge in [-0.2, -0.15) is 0 Å². The van der Waals surface area contributed by atoms with Gasteiger partial charge >= 0.3 is 0 Å². The Morgan fingerprint density at radius 1 is 1.29 bits per heavy atom. The van der Waals surface area contributed by atoms with Gasteiger partial charge in [-0.3, -0.25) is 0 Å². The van der Waals surface area contributed by atoms with Crippen LogP contribution in [0.15, 0.2) is 35.3 Å². The zero-order valence-corrected chi connectivity index (χ0v) is 7.76. The normalized spacial score (nSPS) is 24.0. The third-order valence-electron chi connectivity index (χ3n) is 2.05. The fourth-order valence-electron chi connectivity index (χ4n) is 1.29. The molecule has 0 aromatic heterocycles. The number of nitrogens with zero attached hydrogens (tertiary/aromatic N) is 1.